The zero-order valence-corrected chi connectivity index (χ0v) is 10.8. The van der Waals surface area contributed by atoms with E-state index in [0.717, 1.165) is 5.56 Å². The third-order valence-electron chi connectivity index (χ3n) is 2.70. The molecular formula is C13H13FN4O2. The summed E-state index contributed by atoms with van der Waals surface area (Å²) in [5, 5.41) is 16.6. The average Bonchev–Trinajstić information content (AvgIpc) is 2.46. The maximum Gasteiger partial charge on any atom is 0.311 e. The predicted molar refractivity (Wildman–Crippen MR) is 74.2 cm³/mol. The molecule has 104 valence electrons. The standard InChI is InChI=1S/C13H13FN4O2/c1-15-12-7-6-11(18(19)20)13(17-12)16-8-9-2-4-10(14)5-3-9/h2-7H,8H2,1H3,(H2,15,16,17). The highest BCUT2D eigenvalue weighted by Crippen LogP contribution is 2.24. The Morgan fingerprint density at radius 3 is 2.55 bits per heavy atom. The van der Waals surface area contributed by atoms with Crippen LogP contribution in [0.1, 0.15) is 5.56 Å². The van der Waals surface area contributed by atoms with Gasteiger partial charge in [-0.1, -0.05) is 12.1 Å². The van der Waals surface area contributed by atoms with E-state index in [-0.39, 0.29) is 17.3 Å². The van der Waals surface area contributed by atoms with Crippen molar-refractivity contribution < 1.29 is 9.31 Å². The first-order chi connectivity index (χ1) is 9.60. The number of nitro groups is 1. The Morgan fingerprint density at radius 1 is 1.25 bits per heavy atom. The Hall–Kier alpha value is -2.70. The van der Waals surface area contributed by atoms with Crippen LogP contribution in [0.5, 0.6) is 0 Å². The van der Waals surface area contributed by atoms with Crippen LogP contribution in [-0.4, -0.2) is 17.0 Å². The van der Waals surface area contributed by atoms with Gasteiger partial charge in [-0.2, -0.15) is 0 Å². The maximum absolute atomic E-state index is 12.8. The lowest BCUT2D eigenvalue weighted by molar-refractivity contribution is -0.384. The average molecular weight is 276 g/mol. The molecule has 20 heavy (non-hydrogen) atoms. The molecule has 0 aliphatic heterocycles. The van der Waals surface area contributed by atoms with Gasteiger partial charge in [0.15, 0.2) is 0 Å². The summed E-state index contributed by atoms with van der Waals surface area (Å²) in [5.74, 6) is 0.374. The Bertz CT molecular complexity index is 616. The van der Waals surface area contributed by atoms with Crippen molar-refractivity contribution in [1.29, 1.82) is 0 Å². The molecule has 1 aromatic heterocycles. The molecular weight excluding hydrogens is 263 g/mol. The number of halogens is 1. The van der Waals surface area contributed by atoms with Crippen LogP contribution in [-0.2, 0) is 6.54 Å². The summed E-state index contributed by atoms with van der Waals surface area (Å²) in [6, 6.07) is 8.80. The molecule has 1 aromatic carbocycles. The van der Waals surface area contributed by atoms with Gasteiger partial charge in [0.1, 0.15) is 11.6 Å². The molecule has 0 spiro atoms. The zero-order chi connectivity index (χ0) is 14.5. The van der Waals surface area contributed by atoms with Crippen LogP contribution in [0.15, 0.2) is 36.4 Å². The molecule has 0 amide bonds. The van der Waals surface area contributed by atoms with Gasteiger partial charge in [0, 0.05) is 19.7 Å². The number of nitrogens with one attached hydrogen (secondary N) is 2. The fourth-order valence-corrected chi connectivity index (χ4v) is 1.66. The molecule has 0 atom stereocenters. The van der Waals surface area contributed by atoms with Crippen LogP contribution in [0.25, 0.3) is 0 Å². The van der Waals surface area contributed by atoms with E-state index in [1.165, 1.54) is 24.3 Å². The molecule has 0 saturated heterocycles. The molecule has 0 aliphatic carbocycles. The number of pyridine rings is 1. The maximum atomic E-state index is 12.8. The third kappa shape index (κ3) is 3.19. The number of nitrogens with zero attached hydrogens (tertiary/aromatic N) is 2. The summed E-state index contributed by atoms with van der Waals surface area (Å²) in [4.78, 5) is 14.5. The largest absolute Gasteiger partial charge is 0.373 e. The quantitative estimate of drug-likeness (QED) is 0.648. The zero-order valence-electron chi connectivity index (χ0n) is 10.8. The van der Waals surface area contributed by atoms with Crippen LogP contribution in [0.2, 0.25) is 0 Å². The van der Waals surface area contributed by atoms with Crippen LogP contribution in [0.3, 0.4) is 0 Å². The van der Waals surface area contributed by atoms with Crippen LogP contribution in [0.4, 0.5) is 21.7 Å². The monoisotopic (exact) mass is 276 g/mol. The summed E-state index contributed by atoms with van der Waals surface area (Å²) in [6.45, 7) is 0.321. The third-order valence-corrected chi connectivity index (χ3v) is 2.70. The van der Waals surface area contributed by atoms with Gasteiger partial charge in [-0.05, 0) is 23.8 Å². The van der Waals surface area contributed by atoms with Crippen molar-refractivity contribution in [2.24, 2.45) is 0 Å². The first-order valence-electron chi connectivity index (χ1n) is 5.91. The first kappa shape index (κ1) is 13.7. The van der Waals surface area contributed by atoms with Gasteiger partial charge >= 0.3 is 5.69 Å². The summed E-state index contributed by atoms with van der Waals surface area (Å²) < 4.78 is 12.8. The minimum atomic E-state index is -0.501. The van der Waals surface area contributed by atoms with Crippen molar-refractivity contribution >= 4 is 17.3 Å². The van der Waals surface area contributed by atoms with E-state index in [1.807, 2.05) is 0 Å². The van der Waals surface area contributed by atoms with Gasteiger partial charge in [-0.25, -0.2) is 9.37 Å². The predicted octanol–water partition coefficient (Wildman–Crippen LogP) is 2.78. The number of aromatic nitrogens is 1. The molecule has 0 unspecified atom stereocenters. The Balaban J connectivity index is 2.18. The Kier molecular flexibility index (Phi) is 4.09. The molecule has 0 fully saturated rings. The number of hydrogen-bond acceptors (Lipinski definition) is 5. The van der Waals surface area contributed by atoms with Crippen molar-refractivity contribution in [2.45, 2.75) is 6.54 Å². The molecule has 2 N–H and O–H groups in total. The Labute approximate surface area is 114 Å². The van der Waals surface area contributed by atoms with E-state index in [0.29, 0.717) is 12.4 Å². The van der Waals surface area contributed by atoms with Crippen LogP contribution < -0.4 is 10.6 Å². The fraction of sp³-hybridized carbons (Fsp3) is 0.154. The van der Waals surface area contributed by atoms with Gasteiger partial charge in [0.2, 0.25) is 5.82 Å². The van der Waals surface area contributed by atoms with Crippen molar-refractivity contribution in [1.82, 2.24) is 4.98 Å². The molecule has 0 radical (unpaired) electrons. The second-order valence-electron chi connectivity index (χ2n) is 4.05. The molecule has 6 nitrogen and oxygen atoms in total. The minimum absolute atomic E-state index is 0.105. The van der Waals surface area contributed by atoms with Gasteiger partial charge in [-0.15, -0.1) is 0 Å². The number of hydrogen-bond donors (Lipinski definition) is 2. The molecule has 2 rings (SSSR count). The number of benzene rings is 1. The lowest BCUT2D eigenvalue weighted by atomic mass is 10.2. The molecule has 0 saturated carbocycles. The molecule has 2 aromatic rings. The van der Waals surface area contributed by atoms with Crippen molar-refractivity contribution in [2.75, 3.05) is 17.7 Å². The van der Waals surface area contributed by atoms with Crippen molar-refractivity contribution in [3.05, 3.63) is 57.9 Å². The van der Waals surface area contributed by atoms with E-state index in [4.69, 9.17) is 0 Å². The lowest BCUT2D eigenvalue weighted by Crippen LogP contribution is -2.06. The molecule has 0 aliphatic rings. The van der Waals surface area contributed by atoms with E-state index in [1.54, 1.807) is 19.2 Å². The highest BCUT2D eigenvalue weighted by molar-refractivity contribution is 5.60. The van der Waals surface area contributed by atoms with Crippen molar-refractivity contribution in [3.8, 4) is 0 Å². The van der Waals surface area contributed by atoms with Gasteiger partial charge in [0.25, 0.3) is 0 Å². The van der Waals surface area contributed by atoms with E-state index in [9.17, 15) is 14.5 Å². The van der Waals surface area contributed by atoms with Gasteiger partial charge in [0.05, 0.1) is 4.92 Å². The summed E-state index contributed by atoms with van der Waals surface area (Å²) >= 11 is 0. The van der Waals surface area contributed by atoms with Crippen LogP contribution in [0, 0.1) is 15.9 Å². The van der Waals surface area contributed by atoms with E-state index >= 15 is 0 Å². The smallest absolute Gasteiger partial charge is 0.311 e. The van der Waals surface area contributed by atoms with E-state index < -0.39 is 4.92 Å². The van der Waals surface area contributed by atoms with E-state index in [2.05, 4.69) is 15.6 Å². The summed E-state index contributed by atoms with van der Waals surface area (Å²) in [6.07, 6.45) is 0. The van der Waals surface area contributed by atoms with Crippen molar-refractivity contribution in [3.63, 3.8) is 0 Å². The summed E-state index contributed by atoms with van der Waals surface area (Å²) in [7, 11) is 1.68. The number of anilines is 2. The highest BCUT2D eigenvalue weighted by Gasteiger charge is 2.15. The fourth-order valence-electron chi connectivity index (χ4n) is 1.66. The number of rotatable bonds is 5. The molecule has 0 bridgehead atoms. The minimum Gasteiger partial charge on any atom is -0.373 e. The molecule has 1 heterocycles. The highest BCUT2D eigenvalue weighted by atomic mass is 19.1. The Morgan fingerprint density at radius 2 is 1.95 bits per heavy atom. The lowest BCUT2D eigenvalue weighted by Gasteiger charge is -2.08. The first-order valence-corrected chi connectivity index (χ1v) is 5.91. The van der Waals surface area contributed by atoms with Crippen LogP contribution >= 0.6 is 0 Å². The topological polar surface area (TPSA) is 80.1 Å². The normalized spacial score (nSPS) is 10.1. The SMILES string of the molecule is CNc1ccc([N+](=O)[O-])c(NCc2ccc(F)cc2)n1. The second kappa shape index (κ2) is 5.96. The second-order valence-corrected chi connectivity index (χ2v) is 4.05. The summed E-state index contributed by atoms with van der Waals surface area (Å²) in [5.41, 5.74) is 0.698. The molecule has 7 heteroatoms. The van der Waals surface area contributed by atoms with Gasteiger partial charge in [-0.3, -0.25) is 10.1 Å². The van der Waals surface area contributed by atoms with Gasteiger partial charge < -0.3 is 10.6 Å².